The Morgan fingerprint density at radius 1 is 1.14 bits per heavy atom. The van der Waals surface area contributed by atoms with Crippen LogP contribution in [0, 0.1) is 0 Å². The highest BCUT2D eigenvalue weighted by Gasteiger charge is 2.13. The summed E-state index contributed by atoms with van der Waals surface area (Å²) in [6.07, 6.45) is 6.03. The van der Waals surface area contributed by atoms with E-state index in [1.165, 1.54) is 18.5 Å². The molecule has 7 heteroatoms. The molecule has 0 spiro atoms. The Hall–Kier alpha value is -3.35. The molecule has 3 aromatic heterocycles. The summed E-state index contributed by atoms with van der Waals surface area (Å²) in [6.45, 7) is 0. The Labute approximate surface area is 125 Å². The maximum atomic E-state index is 11.8. The van der Waals surface area contributed by atoms with Crippen LogP contribution in [0.3, 0.4) is 0 Å². The number of hydrogen-bond donors (Lipinski definition) is 1. The summed E-state index contributed by atoms with van der Waals surface area (Å²) < 4.78 is 1.15. The fourth-order valence-electron chi connectivity index (χ4n) is 2.06. The second kappa shape index (κ2) is 5.57. The van der Waals surface area contributed by atoms with Crippen LogP contribution >= 0.6 is 0 Å². The molecule has 0 fully saturated rings. The molecule has 3 heterocycles. The van der Waals surface area contributed by atoms with E-state index in [-0.39, 0.29) is 11.1 Å². The number of nitrogens with zero attached hydrogens (tertiary/aromatic N) is 4. The van der Waals surface area contributed by atoms with Crippen molar-refractivity contribution in [1.29, 1.82) is 0 Å². The van der Waals surface area contributed by atoms with E-state index in [1.807, 2.05) is 0 Å². The summed E-state index contributed by atoms with van der Waals surface area (Å²) in [5.41, 5.74) is 6.65. The molecular formula is C15H11N5O2. The summed E-state index contributed by atoms with van der Waals surface area (Å²) in [7, 11) is 0. The van der Waals surface area contributed by atoms with Crippen molar-refractivity contribution in [3.63, 3.8) is 0 Å². The van der Waals surface area contributed by atoms with Crippen LogP contribution in [0.1, 0.15) is 10.4 Å². The van der Waals surface area contributed by atoms with E-state index in [9.17, 15) is 9.59 Å². The summed E-state index contributed by atoms with van der Waals surface area (Å²) in [6, 6.07) is 8.01. The van der Waals surface area contributed by atoms with Crippen molar-refractivity contribution in [1.82, 2.24) is 19.7 Å². The van der Waals surface area contributed by atoms with Crippen molar-refractivity contribution < 1.29 is 4.79 Å². The maximum absolute atomic E-state index is 11.8. The minimum atomic E-state index is -0.598. The third kappa shape index (κ3) is 2.47. The topological polar surface area (TPSA) is 104 Å². The molecule has 1 amide bonds. The second-order valence-corrected chi connectivity index (χ2v) is 4.46. The van der Waals surface area contributed by atoms with Crippen molar-refractivity contribution in [2.45, 2.75) is 0 Å². The molecular weight excluding hydrogens is 282 g/mol. The van der Waals surface area contributed by atoms with Gasteiger partial charge in [-0.1, -0.05) is 0 Å². The zero-order valence-electron chi connectivity index (χ0n) is 11.4. The number of primary amides is 1. The molecule has 0 aliphatic heterocycles. The van der Waals surface area contributed by atoms with Crippen LogP contribution in [-0.2, 0) is 0 Å². The van der Waals surface area contributed by atoms with Crippen molar-refractivity contribution in [3.05, 3.63) is 71.0 Å². The molecule has 7 nitrogen and oxygen atoms in total. The number of pyridine rings is 2. The van der Waals surface area contributed by atoms with Gasteiger partial charge in [-0.2, -0.15) is 9.78 Å². The Balaban J connectivity index is 2.23. The Bertz CT molecular complexity index is 890. The van der Waals surface area contributed by atoms with Crippen LogP contribution in [0.4, 0.5) is 0 Å². The van der Waals surface area contributed by atoms with E-state index in [0.717, 1.165) is 10.2 Å². The van der Waals surface area contributed by atoms with Crippen molar-refractivity contribution in [2.75, 3.05) is 0 Å². The first-order chi connectivity index (χ1) is 10.7. The van der Waals surface area contributed by atoms with E-state index >= 15 is 0 Å². The highest BCUT2D eigenvalue weighted by molar-refractivity contribution is 5.99. The van der Waals surface area contributed by atoms with Crippen LogP contribution in [0.2, 0.25) is 0 Å². The summed E-state index contributed by atoms with van der Waals surface area (Å²) in [5.74, 6) is -0.290. The molecule has 0 saturated heterocycles. The van der Waals surface area contributed by atoms with E-state index in [1.54, 1.807) is 36.7 Å². The lowest BCUT2D eigenvalue weighted by atomic mass is 10.0. The van der Waals surface area contributed by atoms with Crippen molar-refractivity contribution in [2.24, 2.45) is 5.73 Å². The van der Waals surface area contributed by atoms with Gasteiger partial charge >= 0.3 is 0 Å². The Morgan fingerprint density at radius 2 is 1.91 bits per heavy atom. The minimum Gasteiger partial charge on any atom is -0.366 e. The van der Waals surface area contributed by atoms with E-state index in [2.05, 4.69) is 15.1 Å². The average Bonchev–Trinajstić information content (AvgIpc) is 2.55. The zero-order valence-corrected chi connectivity index (χ0v) is 11.4. The van der Waals surface area contributed by atoms with E-state index < -0.39 is 5.91 Å². The van der Waals surface area contributed by atoms with Gasteiger partial charge in [0.1, 0.15) is 0 Å². The lowest BCUT2D eigenvalue weighted by Gasteiger charge is -2.09. The molecule has 0 atom stereocenters. The van der Waals surface area contributed by atoms with E-state index in [4.69, 9.17) is 5.73 Å². The molecule has 0 unspecified atom stereocenters. The summed E-state index contributed by atoms with van der Waals surface area (Å²) in [4.78, 5) is 31.5. The average molecular weight is 293 g/mol. The quantitative estimate of drug-likeness (QED) is 0.768. The molecule has 2 N–H and O–H groups in total. The van der Waals surface area contributed by atoms with Crippen LogP contribution in [0.15, 0.2) is 59.9 Å². The molecule has 0 aliphatic rings. The van der Waals surface area contributed by atoms with Crippen molar-refractivity contribution in [3.8, 4) is 16.9 Å². The number of carbonyl (C=O) groups excluding carboxylic acids is 1. The third-order valence-corrected chi connectivity index (χ3v) is 3.08. The third-order valence-electron chi connectivity index (χ3n) is 3.08. The largest absolute Gasteiger partial charge is 0.366 e. The fraction of sp³-hybridized carbons (Fsp3) is 0. The number of rotatable bonds is 3. The van der Waals surface area contributed by atoms with Crippen LogP contribution in [0.5, 0.6) is 0 Å². The zero-order chi connectivity index (χ0) is 15.5. The summed E-state index contributed by atoms with van der Waals surface area (Å²) in [5, 5.41) is 3.97. The fourth-order valence-corrected chi connectivity index (χ4v) is 2.06. The predicted octanol–water partition coefficient (Wildman–Crippen LogP) is 0.788. The monoisotopic (exact) mass is 293 g/mol. The predicted molar refractivity (Wildman–Crippen MR) is 79.4 cm³/mol. The van der Waals surface area contributed by atoms with Gasteiger partial charge in [0.05, 0.1) is 5.56 Å². The molecule has 0 bridgehead atoms. The number of carbonyl (C=O) groups is 1. The van der Waals surface area contributed by atoms with Gasteiger partial charge in [-0.25, -0.2) is 4.98 Å². The van der Waals surface area contributed by atoms with Gasteiger partial charge in [-0.05, 0) is 35.4 Å². The van der Waals surface area contributed by atoms with Gasteiger partial charge < -0.3 is 5.73 Å². The molecule has 0 aliphatic carbocycles. The number of hydrogen-bond acceptors (Lipinski definition) is 5. The van der Waals surface area contributed by atoms with Gasteiger partial charge in [0.15, 0.2) is 5.82 Å². The first kappa shape index (κ1) is 13.6. The smallest absolute Gasteiger partial charge is 0.272 e. The molecule has 0 radical (unpaired) electrons. The highest BCUT2D eigenvalue weighted by atomic mass is 16.1. The number of amides is 1. The first-order valence-corrected chi connectivity index (χ1v) is 6.42. The second-order valence-electron chi connectivity index (χ2n) is 4.46. The van der Waals surface area contributed by atoms with Gasteiger partial charge in [-0.15, -0.1) is 0 Å². The summed E-state index contributed by atoms with van der Waals surface area (Å²) >= 11 is 0. The first-order valence-electron chi connectivity index (χ1n) is 6.42. The SMILES string of the molecule is NC(=O)c1cnc(-n2ncccc2=O)cc1-c1ccncc1. The van der Waals surface area contributed by atoms with Gasteiger partial charge in [-0.3, -0.25) is 14.6 Å². The lowest BCUT2D eigenvalue weighted by Crippen LogP contribution is -2.21. The molecule has 3 rings (SSSR count). The molecule has 108 valence electrons. The van der Waals surface area contributed by atoms with Crippen LogP contribution < -0.4 is 11.3 Å². The molecule has 0 aromatic carbocycles. The van der Waals surface area contributed by atoms with Gasteiger partial charge in [0.2, 0.25) is 0 Å². The Kier molecular flexibility index (Phi) is 3.45. The minimum absolute atomic E-state index is 0.263. The van der Waals surface area contributed by atoms with Crippen LogP contribution in [-0.4, -0.2) is 25.7 Å². The highest BCUT2D eigenvalue weighted by Crippen LogP contribution is 2.23. The van der Waals surface area contributed by atoms with Crippen molar-refractivity contribution >= 4 is 5.91 Å². The standard InChI is InChI=1S/C15H11N5O2/c16-15(22)12-9-18-13(20-14(21)2-1-5-19-20)8-11(12)10-3-6-17-7-4-10/h1-9H,(H2,16,22). The van der Waals surface area contributed by atoms with E-state index in [0.29, 0.717) is 11.4 Å². The number of nitrogens with two attached hydrogens (primary N) is 1. The molecule has 22 heavy (non-hydrogen) atoms. The van der Waals surface area contributed by atoms with Gasteiger partial charge in [0.25, 0.3) is 11.5 Å². The maximum Gasteiger partial charge on any atom is 0.272 e. The van der Waals surface area contributed by atoms with Crippen LogP contribution in [0.25, 0.3) is 16.9 Å². The molecule has 0 saturated carbocycles. The Morgan fingerprint density at radius 3 is 2.59 bits per heavy atom. The number of aromatic nitrogens is 4. The lowest BCUT2D eigenvalue weighted by molar-refractivity contribution is 0.100. The van der Waals surface area contributed by atoms with Gasteiger partial charge in [0, 0.05) is 30.9 Å². The normalized spacial score (nSPS) is 10.4. The molecule has 3 aromatic rings.